The van der Waals surface area contributed by atoms with E-state index < -0.39 is 0 Å². The van der Waals surface area contributed by atoms with Crippen LogP contribution in [-0.4, -0.2) is 38.1 Å². The molecule has 1 aliphatic heterocycles. The molecule has 18 heavy (non-hydrogen) atoms. The number of rotatable bonds is 3. The highest BCUT2D eigenvalue weighted by atomic mass is 19.1. The van der Waals surface area contributed by atoms with Crippen molar-refractivity contribution in [3.05, 3.63) is 29.6 Å². The van der Waals surface area contributed by atoms with Crippen molar-refractivity contribution in [1.29, 1.82) is 5.26 Å². The SMILES string of the molecule is CN(CC1CCCN1C)c1cc(F)cc(C#N)c1. The van der Waals surface area contributed by atoms with Crippen molar-refractivity contribution in [2.24, 2.45) is 0 Å². The number of hydrogen-bond acceptors (Lipinski definition) is 3. The van der Waals surface area contributed by atoms with Crippen molar-refractivity contribution >= 4 is 5.69 Å². The van der Waals surface area contributed by atoms with Gasteiger partial charge in [-0.1, -0.05) is 0 Å². The molecule has 3 nitrogen and oxygen atoms in total. The Bertz CT molecular complexity index is 467. The highest BCUT2D eigenvalue weighted by Crippen LogP contribution is 2.21. The average molecular weight is 247 g/mol. The molecule has 0 bridgehead atoms. The van der Waals surface area contributed by atoms with Gasteiger partial charge in [-0.15, -0.1) is 0 Å². The molecular formula is C14H18FN3. The number of halogens is 1. The number of benzene rings is 1. The fourth-order valence-electron chi connectivity index (χ4n) is 2.49. The minimum Gasteiger partial charge on any atom is -0.373 e. The second-order valence-electron chi connectivity index (χ2n) is 4.97. The summed E-state index contributed by atoms with van der Waals surface area (Å²) in [5, 5.41) is 8.85. The van der Waals surface area contributed by atoms with E-state index in [-0.39, 0.29) is 5.82 Å². The zero-order valence-electron chi connectivity index (χ0n) is 10.9. The largest absolute Gasteiger partial charge is 0.373 e. The van der Waals surface area contributed by atoms with Crippen LogP contribution in [0.1, 0.15) is 18.4 Å². The average Bonchev–Trinajstić information content (AvgIpc) is 2.74. The first-order chi connectivity index (χ1) is 8.60. The molecule has 1 saturated heterocycles. The van der Waals surface area contributed by atoms with Crippen LogP contribution in [0.5, 0.6) is 0 Å². The minimum atomic E-state index is -0.351. The highest BCUT2D eigenvalue weighted by molar-refractivity contribution is 5.51. The van der Waals surface area contributed by atoms with Gasteiger partial charge in [-0.25, -0.2) is 4.39 Å². The standard InChI is InChI=1S/C14H18FN3/c1-17-5-3-4-13(17)10-18(2)14-7-11(9-16)6-12(15)8-14/h6-8,13H,3-5,10H2,1-2H3. The Labute approximate surface area is 107 Å². The highest BCUT2D eigenvalue weighted by Gasteiger charge is 2.22. The molecule has 0 spiro atoms. The summed E-state index contributed by atoms with van der Waals surface area (Å²) in [5.41, 5.74) is 1.14. The third-order valence-corrected chi connectivity index (χ3v) is 3.61. The number of anilines is 1. The molecular weight excluding hydrogens is 229 g/mol. The molecule has 0 aromatic heterocycles. The van der Waals surface area contributed by atoms with Crippen LogP contribution in [0.25, 0.3) is 0 Å². The van der Waals surface area contributed by atoms with Crippen LogP contribution < -0.4 is 4.90 Å². The molecule has 1 atom stereocenters. The van der Waals surface area contributed by atoms with Crippen LogP contribution in [0.3, 0.4) is 0 Å². The number of hydrogen-bond donors (Lipinski definition) is 0. The molecule has 4 heteroatoms. The molecule has 96 valence electrons. The smallest absolute Gasteiger partial charge is 0.126 e. The lowest BCUT2D eigenvalue weighted by molar-refractivity contribution is 0.314. The molecule has 1 aliphatic rings. The van der Waals surface area contributed by atoms with E-state index in [4.69, 9.17) is 5.26 Å². The molecule has 1 unspecified atom stereocenters. The van der Waals surface area contributed by atoms with Crippen molar-refractivity contribution in [3.8, 4) is 6.07 Å². The summed E-state index contributed by atoms with van der Waals surface area (Å²) in [7, 11) is 4.07. The Kier molecular flexibility index (Phi) is 3.83. The second kappa shape index (κ2) is 5.36. The first kappa shape index (κ1) is 12.8. The first-order valence-corrected chi connectivity index (χ1v) is 6.22. The number of nitrogens with zero attached hydrogens (tertiary/aromatic N) is 3. The topological polar surface area (TPSA) is 30.3 Å². The van der Waals surface area contributed by atoms with Crippen molar-refractivity contribution in [3.63, 3.8) is 0 Å². The molecule has 0 radical (unpaired) electrons. The van der Waals surface area contributed by atoms with Gasteiger partial charge in [0.15, 0.2) is 0 Å². The Morgan fingerprint density at radius 2 is 2.28 bits per heavy atom. The van der Waals surface area contributed by atoms with Crippen molar-refractivity contribution < 1.29 is 4.39 Å². The van der Waals surface area contributed by atoms with Crippen LogP contribution in [0.4, 0.5) is 10.1 Å². The van der Waals surface area contributed by atoms with E-state index in [1.54, 1.807) is 6.07 Å². The zero-order chi connectivity index (χ0) is 13.1. The van der Waals surface area contributed by atoms with Gasteiger partial charge < -0.3 is 9.80 Å². The quantitative estimate of drug-likeness (QED) is 0.820. The maximum Gasteiger partial charge on any atom is 0.126 e. The fourth-order valence-corrected chi connectivity index (χ4v) is 2.49. The summed E-state index contributed by atoms with van der Waals surface area (Å²) < 4.78 is 13.4. The molecule has 1 heterocycles. The van der Waals surface area contributed by atoms with Crippen LogP contribution >= 0.6 is 0 Å². The summed E-state index contributed by atoms with van der Waals surface area (Å²) in [6.45, 7) is 2.00. The predicted octanol–water partition coefficient (Wildman–Crippen LogP) is 2.23. The van der Waals surface area contributed by atoms with Gasteiger partial charge in [-0.2, -0.15) is 5.26 Å². The lowest BCUT2D eigenvalue weighted by atomic mass is 10.1. The van der Waals surface area contributed by atoms with Gasteiger partial charge in [0, 0.05) is 25.3 Å². The number of nitriles is 1. The van der Waals surface area contributed by atoms with Crippen LogP contribution in [0, 0.1) is 17.1 Å². The van der Waals surface area contributed by atoms with E-state index in [9.17, 15) is 4.39 Å². The van der Waals surface area contributed by atoms with E-state index in [0.717, 1.165) is 18.8 Å². The summed E-state index contributed by atoms with van der Waals surface area (Å²) in [4.78, 5) is 4.36. The van der Waals surface area contributed by atoms with Gasteiger partial charge in [0.05, 0.1) is 11.6 Å². The molecule has 0 saturated carbocycles. The summed E-state index contributed by atoms with van der Waals surface area (Å²) >= 11 is 0. The maximum atomic E-state index is 13.4. The van der Waals surface area contributed by atoms with Gasteiger partial charge in [-0.3, -0.25) is 0 Å². The van der Waals surface area contributed by atoms with E-state index in [0.29, 0.717) is 11.6 Å². The van der Waals surface area contributed by atoms with Gasteiger partial charge in [0.1, 0.15) is 5.82 Å². The molecule has 1 aromatic rings. The Morgan fingerprint density at radius 3 is 2.89 bits per heavy atom. The van der Waals surface area contributed by atoms with Crippen LogP contribution in [0.2, 0.25) is 0 Å². The third kappa shape index (κ3) is 2.80. The van der Waals surface area contributed by atoms with E-state index >= 15 is 0 Å². The summed E-state index contributed by atoms with van der Waals surface area (Å²) in [5.74, 6) is -0.351. The van der Waals surface area contributed by atoms with Crippen molar-refractivity contribution in [1.82, 2.24) is 4.90 Å². The van der Waals surface area contributed by atoms with E-state index in [1.165, 1.54) is 25.0 Å². The van der Waals surface area contributed by atoms with Gasteiger partial charge in [0.2, 0.25) is 0 Å². The van der Waals surface area contributed by atoms with Gasteiger partial charge in [0.25, 0.3) is 0 Å². The maximum absolute atomic E-state index is 13.4. The summed E-state index contributed by atoms with van der Waals surface area (Å²) in [6, 6.07) is 6.98. The Morgan fingerprint density at radius 1 is 1.50 bits per heavy atom. The molecule has 0 aliphatic carbocycles. The van der Waals surface area contributed by atoms with E-state index in [2.05, 4.69) is 11.9 Å². The monoisotopic (exact) mass is 247 g/mol. The third-order valence-electron chi connectivity index (χ3n) is 3.61. The zero-order valence-corrected chi connectivity index (χ0v) is 10.9. The Hall–Kier alpha value is -1.60. The lowest BCUT2D eigenvalue weighted by Gasteiger charge is -2.27. The van der Waals surface area contributed by atoms with Crippen LogP contribution in [0.15, 0.2) is 18.2 Å². The van der Waals surface area contributed by atoms with Crippen LogP contribution in [-0.2, 0) is 0 Å². The normalized spacial score (nSPS) is 19.8. The fraction of sp³-hybridized carbons (Fsp3) is 0.500. The second-order valence-corrected chi connectivity index (χ2v) is 4.97. The minimum absolute atomic E-state index is 0.351. The first-order valence-electron chi connectivity index (χ1n) is 6.22. The predicted molar refractivity (Wildman–Crippen MR) is 70.0 cm³/mol. The Balaban J connectivity index is 2.11. The van der Waals surface area contributed by atoms with Gasteiger partial charge in [-0.05, 0) is 44.6 Å². The van der Waals surface area contributed by atoms with Crippen molar-refractivity contribution in [2.75, 3.05) is 32.1 Å². The molecule has 0 amide bonds. The van der Waals surface area contributed by atoms with E-state index in [1.807, 2.05) is 18.0 Å². The molecule has 1 fully saturated rings. The summed E-state index contributed by atoms with van der Waals surface area (Å²) in [6.07, 6.45) is 2.41. The number of likely N-dealkylation sites (tertiary alicyclic amines) is 1. The van der Waals surface area contributed by atoms with Gasteiger partial charge >= 0.3 is 0 Å². The number of likely N-dealkylation sites (N-methyl/N-ethyl adjacent to an activating group) is 2. The molecule has 1 aromatic carbocycles. The van der Waals surface area contributed by atoms with Crippen molar-refractivity contribution in [2.45, 2.75) is 18.9 Å². The molecule has 0 N–H and O–H groups in total. The molecule has 2 rings (SSSR count). The lowest BCUT2D eigenvalue weighted by Crippen LogP contribution is -2.36.